The Morgan fingerprint density at radius 1 is 0.667 bits per heavy atom. The number of halogens is 13. The van der Waals surface area contributed by atoms with Crippen molar-refractivity contribution in [3.8, 4) is 0 Å². The Balaban J connectivity index is 6.30. The largest absolute Gasteiger partial charge is 0.460 e. The molecule has 0 amide bonds. The predicted molar refractivity (Wildman–Crippen MR) is 50.6 cm³/mol. The van der Waals surface area contributed by atoms with Gasteiger partial charge in [-0.1, -0.05) is 6.08 Å². The molecule has 0 heterocycles. The molecule has 0 fully saturated rings. The van der Waals surface area contributed by atoms with Crippen molar-refractivity contribution >= 4 is 5.78 Å². The molecule has 0 radical (unpaired) electrons. The molecular formula is C10H5F13O. The summed E-state index contributed by atoms with van der Waals surface area (Å²) in [5.74, 6) is -41.1. The second kappa shape index (κ2) is 5.79. The minimum Gasteiger partial charge on any atom is -0.292 e. The quantitative estimate of drug-likeness (QED) is 0.449. The maximum Gasteiger partial charge on any atom is 0.460 e. The predicted octanol–water partition coefficient (Wildman–Crippen LogP) is 4.87. The lowest BCUT2D eigenvalue weighted by atomic mass is 9.91. The van der Waals surface area contributed by atoms with E-state index in [1.54, 1.807) is 0 Å². The van der Waals surface area contributed by atoms with Crippen LogP contribution in [0.25, 0.3) is 0 Å². The van der Waals surface area contributed by atoms with E-state index in [0.717, 1.165) is 0 Å². The van der Waals surface area contributed by atoms with E-state index in [0.29, 0.717) is 0 Å². The van der Waals surface area contributed by atoms with Crippen LogP contribution in [0, 0.1) is 0 Å². The molecule has 24 heavy (non-hydrogen) atoms. The van der Waals surface area contributed by atoms with Gasteiger partial charge in [0.25, 0.3) is 0 Å². The third-order valence-corrected chi connectivity index (χ3v) is 2.61. The highest BCUT2D eigenvalue weighted by Gasteiger charge is 2.91. The van der Waals surface area contributed by atoms with E-state index in [4.69, 9.17) is 0 Å². The zero-order chi connectivity index (χ0) is 20.0. The first-order valence-electron chi connectivity index (χ1n) is 5.33. The van der Waals surface area contributed by atoms with Crippen LogP contribution in [0.15, 0.2) is 12.7 Å². The molecule has 0 aliphatic carbocycles. The number of carbonyl (C=O) groups is 1. The van der Waals surface area contributed by atoms with Crippen molar-refractivity contribution in [2.24, 2.45) is 0 Å². The van der Waals surface area contributed by atoms with Crippen LogP contribution < -0.4 is 0 Å². The fraction of sp³-hybridized carbons (Fsp3) is 0.700. The van der Waals surface area contributed by atoms with Crippen LogP contribution in [0.5, 0.6) is 0 Å². The molecule has 0 atom stereocenters. The van der Waals surface area contributed by atoms with Gasteiger partial charge < -0.3 is 0 Å². The molecule has 0 unspecified atom stereocenters. The van der Waals surface area contributed by atoms with Gasteiger partial charge in [0.15, 0.2) is 0 Å². The van der Waals surface area contributed by atoms with E-state index in [1.807, 2.05) is 0 Å². The second-order valence-corrected chi connectivity index (χ2v) is 4.29. The second-order valence-electron chi connectivity index (χ2n) is 4.29. The standard InChI is InChI=1S/C10H5F13O/c1-2-3-4(24)5(11,12)6(13,14)7(15,16)8(17,18)9(19,20)10(21,22)23/h2H,1,3H2. The van der Waals surface area contributed by atoms with Crippen LogP contribution in [0.3, 0.4) is 0 Å². The van der Waals surface area contributed by atoms with E-state index in [9.17, 15) is 61.9 Å². The van der Waals surface area contributed by atoms with Crippen molar-refractivity contribution in [3.63, 3.8) is 0 Å². The molecule has 142 valence electrons. The molecule has 0 aliphatic heterocycles. The summed E-state index contributed by atoms with van der Waals surface area (Å²) in [7, 11) is 0. The van der Waals surface area contributed by atoms with Crippen LogP contribution >= 0.6 is 0 Å². The summed E-state index contributed by atoms with van der Waals surface area (Å²) in [6.07, 6.45) is -9.09. The monoisotopic (exact) mass is 388 g/mol. The molecular weight excluding hydrogens is 383 g/mol. The highest BCUT2D eigenvalue weighted by Crippen LogP contribution is 2.60. The Bertz CT molecular complexity index is 501. The third kappa shape index (κ3) is 2.83. The van der Waals surface area contributed by atoms with Crippen LogP contribution in [0.1, 0.15) is 6.42 Å². The Hall–Kier alpha value is -1.50. The molecule has 0 aromatic carbocycles. The van der Waals surface area contributed by atoms with Crippen molar-refractivity contribution in [1.82, 2.24) is 0 Å². The summed E-state index contributed by atoms with van der Waals surface area (Å²) in [5.41, 5.74) is 0. The maximum absolute atomic E-state index is 13.0. The van der Waals surface area contributed by atoms with E-state index < -0.39 is 48.0 Å². The molecule has 0 saturated heterocycles. The minimum absolute atomic E-state index is 0.160. The Labute approximate surface area is 124 Å². The first kappa shape index (κ1) is 22.5. The fourth-order valence-corrected chi connectivity index (χ4v) is 1.20. The van der Waals surface area contributed by atoms with Gasteiger partial charge in [0, 0.05) is 6.42 Å². The van der Waals surface area contributed by atoms with Crippen molar-refractivity contribution in [3.05, 3.63) is 12.7 Å². The molecule has 0 bridgehead atoms. The van der Waals surface area contributed by atoms with E-state index >= 15 is 0 Å². The van der Waals surface area contributed by atoms with E-state index in [-0.39, 0.29) is 6.08 Å². The van der Waals surface area contributed by atoms with E-state index in [2.05, 4.69) is 6.58 Å². The Morgan fingerprint density at radius 2 is 1.00 bits per heavy atom. The minimum atomic E-state index is -8.00. The van der Waals surface area contributed by atoms with Crippen LogP contribution in [-0.2, 0) is 4.79 Å². The average Bonchev–Trinajstić information content (AvgIpc) is 2.36. The van der Waals surface area contributed by atoms with Crippen molar-refractivity contribution < 1.29 is 61.9 Å². The molecule has 14 heteroatoms. The normalized spacial score (nSPS) is 15.4. The van der Waals surface area contributed by atoms with Gasteiger partial charge in [-0.15, -0.1) is 6.58 Å². The SMILES string of the molecule is C=CCC(=O)C(F)(F)C(F)(F)C(F)(F)C(F)(F)C(F)(F)C(F)(F)F. The van der Waals surface area contributed by atoms with Gasteiger partial charge in [0.1, 0.15) is 0 Å². The number of hydrogen-bond acceptors (Lipinski definition) is 1. The number of Topliss-reactive ketones (excluding diaryl/α,β-unsaturated/α-hetero) is 1. The molecule has 1 nitrogen and oxygen atoms in total. The van der Waals surface area contributed by atoms with Gasteiger partial charge >= 0.3 is 35.8 Å². The van der Waals surface area contributed by atoms with Crippen molar-refractivity contribution in [2.75, 3.05) is 0 Å². The van der Waals surface area contributed by atoms with E-state index in [1.165, 1.54) is 0 Å². The van der Waals surface area contributed by atoms with Crippen LogP contribution in [-0.4, -0.2) is 41.6 Å². The average molecular weight is 388 g/mol. The van der Waals surface area contributed by atoms with Gasteiger partial charge in [0.05, 0.1) is 0 Å². The highest BCUT2D eigenvalue weighted by molar-refractivity contribution is 5.88. The lowest BCUT2D eigenvalue weighted by molar-refractivity contribution is -0.436. The topological polar surface area (TPSA) is 17.1 Å². The van der Waals surface area contributed by atoms with Gasteiger partial charge in [-0.25, -0.2) is 0 Å². The van der Waals surface area contributed by atoms with Gasteiger partial charge in [0.2, 0.25) is 5.78 Å². The van der Waals surface area contributed by atoms with Gasteiger partial charge in [-0.2, -0.15) is 57.1 Å². The molecule has 0 aliphatic rings. The summed E-state index contributed by atoms with van der Waals surface area (Å²) in [5, 5.41) is 0. The summed E-state index contributed by atoms with van der Waals surface area (Å²) in [4.78, 5) is 10.6. The molecule has 0 aromatic rings. The lowest BCUT2D eigenvalue weighted by Crippen LogP contribution is -2.71. The summed E-state index contributed by atoms with van der Waals surface area (Å²) < 4.78 is 164. The highest BCUT2D eigenvalue weighted by atomic mass is 19.4. The van der Waals surface area contributed by atoms with Crippen molar-refractivity contribution in [1.29, 1.82) is 0 Å². The number of ketones is 1. The number of hydrogen-bond donors (Lipinski definition) is 0. The van der Waals surface area contributed by atoms with Crippen LogP contribution in [0.2, 0.25) is 0 Å². The zero-order valence-corrected chi connectivity index (χ0v) is 10.8. The summed E-state index contributed by atoms with van der Waals surface area (Å²) in [6.45, 7) is 2.58. The molecule has 0 spiro atoms. The molecule has 0 aromatic heterocycles. The number of allylic oxidation sites excluding steroid dienone is 1. The number of carbonyl (C=O) groups excluding carboxylic acids is 1. The molecule has 0 saturated carbocycles. The van der Waals surface area contributed by atoms with Gasteiger partial charge in [-0.3, -0.25) is 4.79 Å². The summed E-state index contributed by atoms with van der Waals surface area (Å²) in [6, 6.07) is 0. The zero-order valence-electron chi connectivity index (χ0n) is 10.8. The molecule has 0 N–H and O–H groups in total. The Morgan fingerprint density at radius 3 is 1.29 bits per heavy atom. The summed E-state index contributed by atoms with van der Waals surface area (Å²) >= 11 is 0. The molecule has 0 rings (SSSR count). The first-order chi connectivity index (χ1) is 10.2. The van der Waals surface area contributed by atoms with Crippen LogP contribution in [0.4, 0.5) is 57.1 Å². The third-order valence-electron chi connectivity index (χ3n) is 2.61. The lowest BCUT2D eigenvalue weighted by Gasteiger charge is -2.39. The fourth-order valence-electron chi connectivity index (χ4n) is 1.20. The maximum atomic E-state index is 13.0. The first-order valence-corrected chi connectivity index (χ1v) is 5.33. The number of alkyl halides is 13. The van der Waals surface area contributed by atoms with Crippen molar-refractivity contribution in [2.45, 2.75) is 42.2 Å². The van der Waals surface area contributed by atoms with Gasteiger partial charge in [-0.05, 0) is 0 Å². The Kier molecular flexibility index (Phi) is 5.43. The number of rotatable bonds is 7. The smallest absolute Gasteiger partial charge is 0.292 e.